The molecule has 0 bridgehead atoms. The minimum atomic E-state index is 0.274. The number of halogens is 1. The van der Waals surface area contributed by atoms with Gasteiger partial charge in [0.05, 0.1) is 0 Å². The van der Waals surface area contributed by atoms with Gasteiger partial charge in [0, 0.05) is 17.6 Å². The second-order valence-corrected chi connectivity index (χ2v) is 5.74. The number of nitrogens with two attached hydrogens (primary N) is 1. The van der Waals surface area contributed by atoms with Gasteiger partial charge >= 0.3 is 0 Å². The highest BCUT2D eigenvalue weighted by Gasteiger charge is 2.08. The average Bonchev–Trinajstić information content (AvgIpc) is 2.36. The fourth-order valence-electron chi connectivity index (χ4n) is 1.69. The van der Waals surface area contributed by atoms with E-state index in [1.807, 2.05) is 24.3 Å². The molecule has 2 N–H and O–H groups in total. The number of hydrogen-bond acceptors (Lipinski definition) is 3. The van der Waals surface area contributed by atoms with Crippen molar-refractivity contribution in [3.63, 3.8) is 0 Å². The molecule has 1 aromatic carbocycles. The maximum absolute atomic E-state index is 6.03. The Bertz CT molecular complexity index is 371. The first-order chi connectivity index (χ1) is 8.99. The lowest BCUT2D eigenvalue weighted by Gasteiger charge is -2.21. The molecule has 0 fully saturated rings. The molecule has 1 rings (SSSR count). The summed E-state index contributed by atoms with van der Waals surface area (Å²) in [5, 5.41) is 0.703. The van der Waals surface area contributed by atoms with Gasteiger partial charge in [-0.25, -0.2) is 0 Å². The Hall–Kier alpha value is -0.770. The second-order valence-electron chi connectivity index (χ2n) is 5.31. The number of rotatable bonds is 8. The molecule has 0 aromatic heterocycles. The fourth-order valence-corrected chi connectivity index (χ4v) is 1.87. The summed E-state index contributed by atoms with van der Waals surface area (Å²) in [5.74, 6) is 1.36. The zero-order valence-corrected chi connectivity index (χ0v) is 12.9. The molecule has 4 heteroatoms. The van der Waals surface area contributed by atoms with Crippen molar-refractivity contribution in [3.05, 3.63) is 29.3 Å². The van der Waals surface area contributed by atoms with Crippen LogP contribution in [0.4, 0.5) is 0 Å². The van der Waals surface area contributed by atoms with Crippen LogP contribution in [0.25, 0.3) is 0 Å². The van der Waals surface area contributed by atoms with E-state index < -0.39 is 0 Å². The van der Waals surface area contributed by atoms with Crippen LogP contribution < -0.4 is 10.5 Å². The summed E-state index contributed by atoms with van der Waals surface area (Å²) in [6.07, 6.45) is 1.02. The summed E-state index contributed by atoms with van der Waals surface area (Å²) in [4.78, 5) is 2.24. The molecule has 0 heterocycles. The largest absolute Gasteiger partial charge is 0.492 e. The van der Waals surface area contributed by atoms with E-state index in [0.717, 1.165) is 25.3 Å². The van der Waals surface area contributed by atoms with Gasteiger partial charge in [-0.05, 0) is 44.1 Å². The third kappa shape index (κ3) is 6.81. The Morgan fingerprint density at radius 2 is 2.05 bits per heavy atom. The van der Waals surface area contributed by atoms with E-state index >= 15 is 0 Å². The second kappa shape index (κ2) is 8.41. The molecule has 0 radical (unpaired) electrons. The lowest BCUT2D eigenvalue weighted by atomic mass is 10.0. The highest BCUT2D eigenvalue weighted by atomic mass is 35.5. The monoisotopic (exact) mass is 284 g/mol. The van der Waals surface area contributed by atoms with Crippen LogP contribution in [0.5, 0.6) is 5.75 Å². The molecular weight excluding hydrogens is 260 g/mol. The van der Waals surface area contributed by atoms with Crippen molar-refractivity contribution in [2.75, 3.05) is 26.7 Å². The summed E-state index contributed by atoms with van der Waals surface area (Å²) in [6, 6.07) is 7.75. The molecule has 0 saturated heterocycles. The van der Waals surface area contributed by atoms with Crippen LogP contribution in [0.15, 0.2) is 24.3 Å². The number of ether oxygens (including phenoxy) is 1. The van der Waals surface area contributed by atoms with Crippen LogP contribution in [0.2, 0.25) is 5.02 Å². The van der Waals surface area contributed by atoms with Gasteiger partial charge in [-0.3, -0.25) is 0 Å². The van der Waals surface area contributed by atoms with E-state index in [1.165, 1.54) is 0 Å². The molecule has 0 saturated carbocycles. The first kappa shape index (κ1) is 16.3. The van der Waals surface area contributed by atoms with E-state index in [2.05, 4.69) is 25.8 Å². The zero-order chi connectivity index (χ0) is 14.3. The van der Waals surface area contributed by atoms with Crippen molar-refractivity contribution in [1.29, 1.82) is 0 Å². The number of hydrogen-bond donors (Lipinski definition) is 1. The van der Waals surface area contributed by atoms with Crippen LogP contribution in [-0.2, 0) is 0 Å². The smallest absolute Gasteiger partial charge is 0.120 e. The molecule has 108 valence electrons. The summed E-state index contributed by atoms with van der Waals surface area (Å²) in [7, 11) is 2.09. The van der Waals surface area contributed by atoms with Gasteiger partial charge in [0.25, 0.3) is 0 Å². The Morgan fingerprint density at radius 3 is 2.68 bits per heavy atom. The normalized spacial score (nSPS) is 13.0. The SMILES string of the molecule is CC(C)C(N)CCN(C)CCOc1cccc(Cl)c1. The van der Waals surface area contributed by atoms with Crippen molar-refractivity contribution >= 4 is 11.6 Å². The maximum Gasteiger partial charge on any atom is 0.120 e. The van der Waals surface area contributed by atoms with Gasteiger partial charge in [0.2, 0.25) is 0 Å². The topological polar surface area (TPSA) is 38.5 Å². The van der Waals surface area contributed by atoms with Gasteiger partial charge in [-0.2, -0.15) is 0 Å². The summed E-state index contributed by atoms with van der Waals surface area (Å²) in [6.45, 7) is 6.86. The first-order valence-corrected chi connectivity index (χ1v) is 7.19. The lowest BCUT2D eigenvalue weighted by Crippen LogP contribution is -2.33. The Labute approximate surface area is 121 Å². The predicted molar refractivity (Wildman–Crippen MR) is 81.9 cm³/mol. The van der Waals surface area contributed by atoms with E-state index in [1.54, 1.807) is 0 Å². The van der Waals surface area contributed by atoms with Crippen molar-refractivity contribution < 1.29 is 4.74 Å². The Balaban J connectivity index is 2.18. The molecule has 1 aromatic rings. The summed E-state index contributed by atoms with van der Waals surface area (Å²) in [5.41, 5.74) is 6.03. The van der Waals surface area contributed by atoms with Crippen LogP contribution in [0.3, 0.4) is 0 Å². The highest BCUT2D eigenvalue weighted by Crippen LogP contribution is 2.16. The number of benzene rings is 1. The van der Waals surface area contributed by atoms with Gasteiger partial charge < -0.3 is 15.4 Å². The van der Waals surface area contributed by atoms with E-state index in [4.69, 9.17) is 22.1 Å². The third-order valence-electron chi connectivity index (χ3n) is 3.24. The fraction of sp³-hybridized carbons (Fsp3) is 0.600. The molecule has 0 amide bonds. The Kier molecular flexibility index (Phi) is 7.21. The number of nitrogens with zero attached hydrogens (tertiary/aromatic N) is 1. The standard InChI is InChI=1S/C15H25ClN2O/c1-12(2)15(17)7-8-18(3)9-10-19-14-6-4-5-13(16)11-14/h4-6,11-12,15H,7-10,17H2,1-3H3. The van der Waals surface area contributed by atoms with Crippen LogP contribution in [0.1, 0.15) is 20.3 Å². The molecule has 3 nitrogen and oxygen atoms in total. The molecule has 1 atom stereocenters. The summed E-state index contributed by atoms with van der Waals surface area (Å²) < 4.78 is 5.65. The molecule has 0 aliphatic carbocycles. The minimum Gasteiger partial charge on any atom is -0.492 e. The maximum atomic E-state index is 6.03. The van der Waals surface area contributed by atoms with E-state index in [0.29, 0.717) is 17.5 Å². The molecular formula is C15H25ClN2O. The van der Waals surface area contributed by atoms with Gasteiger partial charge in [0.15, 0.2) is 0 Å². The van der Waals surface area contributed by atoms with Crippen molar-refractivity contribution in [2.24, 2.45) is 11.7 Å². The quantitative estimate of drug-likeness (QED) is 0.797. The molecule has 1 unspecified atom stereocenters. The molecule has 19 heavy (non-hydrogen) atoms. The van der Waals surface area contributed by atoms with Crippen LogP contribution in [-0.4, -0.2) is 37.7 Å². The first-order valence-electron chi connectivity index (χ1n) is 6.81. The van der Waals surface area contributed by atoms with Gasteiger partial charge in [0.1, 0.15) is 12.4 Å². The third-order valence-corrected chi connectivity index (χ3v) is 3.47. The van der Waals surface area contributed by atoms with Crippen molar-refractivity contribution in [1.82, 2.24) is 4.90 Å². The lowest BCUT2D eigenvalue weighted by molar-refractivity contribution is 0.229. The number of likely N-dealkylation sites (N-methyl/N-ethyl adjacent to an activating group) is 1. The molecule has 0 aliphatic rings. The average molecular weight is 285 g/mol. The molecule has 0 aliphatic heterocycles. The van der Waals surface area contributed by atoms with Gasteiger partial charge in [-0.15, -0.1) is 0 Å². The van der Waals surface area contributed by atoms with E-state index in [-0.39, 0.29) is 6.04 Å². The minimum absolute atomic E-state index is 0.274. The van der Waals surface area contributed by atoms with Crippen LogP contribution >= 0.6 is 11.6 Å². The van der Waals surface area contributed by atoms with Crippen molar-refractivity contribution in [2.45, 2.75) is 26.3 Å². The molecule has 0 spiro atoms. The van der Waals surface area contributed by atoms with Crippen molar-refractivity contribution in [3.8, 4) is 5.75 Å². The zero-order valence-electron chi connectivity index (χ0n) is 12.1. The predicted octanol–water partition coefficient (Wildman–Crippen LogP) is 3.02. The van der Waals surface area contributed by atoms with Gasteiger partial charge in [-0.1, -0.05) is 31.5 Å². The highest BCUT2D eigenvalue weighted by molar-refractivity contribution is 6.30. The Morgan fingerprint density at radius 1 is 1.32 bits per heavy atom. The van der Waals surface area contributed by atoms with E-state index in [9.17, 15) is 0 Å². The summed E-state index contributed by atoms with van der Waals surface area (Å²) >= 11 is 5.90. The van der Waals surface area contributed by atoms with Crippen LogP contribution in [0, 0.1) is 5.92 Å².